The summed E-state index contributed by atoms with van der Waals surface area (Å²) in [5, 5.41) is 3.46. The zero-order chi connectivity index (χ0) is 15.0. The van der Waals surface area contributed by atoms with Crippen molar-refractivity contribution >= 4 is 0 Å². The Kier molecular flexibility index (Phi) is 6.82. The number of benzene rings is 1. The molecule has 0 atom stereocenters. The Balaban J connectivity index is 2.72. The van der Waals surface area contributed by atoms with Crippen molar-refractivity contribution in [2.24, 2.45) is 0 Å². The van der Waals surface area contributed by atoms with Crippen LogP contribution in [-0.2, 0) is 11.3 Å². The number of ether oxygens (including phenoxy) is 3. The van der Waals surface area contributed by atoms with Crippen LogP contribution in [0.5, 0.6) is 11.5 Å². The van der Waals surface area contributed by atoms with Crippen molar-refractivity contribution in [2.75, 3.05) is 20.0 Å². The average molecular weight is 281 g/mol. The molecule has 0 aliphatic rings. The van der Waals surface area contributed by atoms with Crippen LogP contribution in [-0.4, -0.2) is 25.5 Å². The van der Waals surface area contributed by atoms with Gasteiger partial charge in [-0.1, -0.05) is 6.07 Å². The molecule has 0 saturated heterocycles. The van der Waals surface area contributed by atoms with Gasteiger partial charge >= 0.3 is 0 Å². The van der Waals surface area contributed by atoms with E-state index in [1.165, 1.54) is 5.56 Å². The Morgan fingerprint density at radius 3 is 2.35 bits per heavy atom. The molecule has 4 heteroatoms. The summed E-state index contributed by atoms with van der Waals surface area (Å²) in [5.41, 5.74) is 1.27. The molecule has 0 aromatic heterocycles. The van der Waals surface area contributed by atoms with E-state index in [0.29, 0.717) is 13.2 Å². The topological polar surface area (TPSA) is 39.7 Å². The molecule has 0 aliphatic heterocycles. The van der Waals surface area contributed by atoms with Gasteiger partial charge in [0.15, 0.2) is 18.3 Å². The van der Waals surface area contributed by atoms with E-state index in [-0.39, 0.29) is 12.3 Å². The molecule has 0 spiro atoms. The van der Waals surface area contributed by atoms with E-state index in [9.17, 15) is 0 Å². The van der Waals surface area contributed by atoms with Crippen LogP contribution in [0.15, 0.2) is 18.2 Å². The highest BCUT2D eigenvalue weighted by molar-refractivity contribution is 5.43. The third-order valence-corrected chi connectivity index (χ3v) is 2.63. The maximum Gasteiger partial charge on any atom is 0.189 e. The van der Waals surface area contributed by atoms with E-state index < -0.39 is 0 Å². The predicted octanol–water partition coefficient (Wildman–Crippen LogP) is 3.35. The van der Waals surface area contributed by atoms with Crippen LogP contribution in [0.1, 0.15) is 40.2 Å². The Morgan fingerprint density at radius 1 is 1.00 bits per heavy atom. The first-order valence-electron chi connectivity index (χ1n) is 7.17. The predicted molar refractivity (Wildman–Crippen MR) is 81.3 cm³/mol. The summed E-state index contributed by atoms with van der Waals surface area (Å²) in [5.74, 6) is 1.49. The van der Waals surface area contributed by atoms with Gasteiger partial charge in [0, 0.05) is 18.7 Å². The molecule has 1 aromatic rings. The molecule has 0 heterocycles. The SMILES string of the molecule is CCOCOc1ccc(CNC(C)(C)C)cc1OCC. The fourth-order valence-electron chi connectivity index (χ4n) is 1.61. The lowest BCUT2D eigenvalue weighted by Gasteiger charge is -2.21. The number of rotatable bonds is 8. The first kappa shape index (κ1) is 16.8. The molecule has 0 unspecified atom stereocenters. The number of nitrogens with one attached hydrogen (secondary N) is 1. The van der Waals surface area contributed by atoms with Crippen LogP contribution in [0.25, 0.3) is 0 Å². The Bertz CT molecular complexity index is 399. The maximum atomic E-state index is 5.63. The van der Waals surface area contributed by atoms with Gasteiger partial charge in [-0.15, -0.1) is 0 Å². The second-order valence-electron chi connectivity index (χ2n) is 5.57. The molecule has 1 N–H and O–H groups in total. The van der Waals surface area contributed by atoms with Crippen molar-refractivity contribution in [3.05, 3.63) is 23.8 Å². The number of hydrogen-bond donors (Lipinski definition) is 1. The van der Waals surface area contributed by atoms with Crippen molar-refractivity contribution in [3.8, 4) is 11.5 Å². The highest BCUT2D eigenvalue weighted by Crippen LogP contribution is 2.28. The molecule has 0 amide bonds. The average Bonchev–Trinajstić information content (AvgIpc) is 2.38. The molecule has 0 aliphatic carbocycles. The summed E-state index contributed by atoms with van der Waals surface area (Å²) >= 11 is 0. The molecule has 0 bridgehead atoms. The Morgan fingerprint density at radius 2 is 1.75 bits per heavy atom. The second-order valence-corrected chi connectivity index (χ2v) is 5.57. The summed E-state index contributed by atoms with van der Waals surface area (Å²) in [6, 6.07) is 6.00. The Hall–Kier alpha value is -1.26. The standard InChI is InChI=1S/C16H27NO3/c1-6-18-12-20-14-9-8-13(10-15(14)19-7-2)11-17-16(3,4)5/h8-10,17H,6-7,11-12H2,1-5H3. The molecular formula is C16H27NO3. The van der Waals surface area contributed by atoms with Crippen molar-refractivity contribution in [3.63, 3.8) is 0 Å². The van der Waals surface area contributed by atoms with Crippen LogP contribution in [0.4, 0.5) is 0 Å². The van der Waals surface area contributed by atoms with E-state index in [2.05, 4.69) is 26.1 Å². The van der Waals surface area contributed by atoms with Gasteiger partial charge in [-0.2, -0.15) is 0 Å². The van der Waals surface area contributed by atoms with E-state index in [4.69, 9.17) is 14.2 Å². The highest BCUT2D eigenvalue weighted by Gasteiger charge is 2.11. The monoisotopic (exact) mass is 281 g/mol. The van der Waals surface area contributed by atoms with E-state index in [0.717, 1.165) is 18.0 Å². The van der Waals surface area contributed by atoms with E-state index in [1.54, 1.807) is 0 Å². The highest BCUT2D eigenvalue weighted by atomic mass is 16.7. The van der Waals surface area contributed by atoms with Gasteiger partial charge in [-0.25, -0.2) is 0 Å². The molecule has 0 saturated carbocycles. The van der Waals surface area contributed by atoms with Gasteiger partial charge in [-0.05, 0) is 52.3 Å². The molecule has 4 nitrogen and oxygen atoms in total. The molecular weight excluding hydrogens is 254 g/mol. The van der Waals surface area contributed by atoms with Gasteiger partial charge < -0.3 is 19.5 Å². The normalized spacial score (nSPS) is 11.4. The maximum absolute atomic E-state index is 5.63. The minimum atomic E-state index is 0.0932. The van der Waals surface area contributed by atoms with Gasteiger partial charge in [0.05, 0.1) is 6.61 Å². The third-order valence-electron chi connectivity index (χ3n) is 2.63. The lowest BCUT2D eigenvalue weighted by atomic mass is 10.1. The van der Waals surface area contributed by atoms with Gasteiger partial charge in [-0.3, -0.25) is 0 Å². The van der Waals surface area contributed by atoms with Crippen molar-refractivity contribution < 1.29 is 14.2 Å². The van der Waals surface area contributed by atoms with E-state index >= 15 is 0 Å². The van der Waals surface area contributed by atoms with Crippen molar-refractivity contribution in [2.45, 2.75) is 46.7 Å². The Labute approximate surface area is 122 Å². The largest absolute Gasteiger partial charge is 0.490 e. The summed E-state index contributed by atoms with van der Waals surface area (Å²) in [7, 11) is 0. The summed E-state index contributed by atoms with van der Waals surface area (Å²) < 4.78 is 16.4. The van der Waals surface area contributed by atoms with Crippen molar-refractivity contribution in [1.29, 1.82) is 0 Å². The smallest absolute Gasteiger partial charge is 0.189 e. The minimum absolute atomic E-state index is 0.0932. The third kappa shape index (κ3) is 6.26. The van der Waals surface area contributed by atoms with Crippen LogP contribution >= 0.6 is 0 Å². The molecule has 0 fully saturated rings. The summed E-state index contributed by atoms with van der Waals surface area (Å²) in [6.07, 6.45) is 0. The van der Waals surface area contributed by atoms with Crippen LogP contribution in [0.3, 0.4) is 0 Å². The summed E-state index contributed by atoms with van der Waals surface area (Å²) in [6.45, 7) is 12.6. The fourth-order valence-corrected chi connectivity index (χ4v) is 1.61. The molecule has 1 rings (SSSR count). The lowest BCUT2D eigenvalue weighted by Crippen LogP contribution is -2.35. The first-order chi connectivity index (χ1) is 9.46. The zero-order valence-electron chi connectivity index (χ0n) is 13.3. The van der Waals surface area contributed by atoms with Crippen LogP contribution < -0.4 is 14.8 Å². The van der Waals surface area contributed by atoms with Gasteiger partial charge in [0.2, 0.25) is 0 Å². The molecule has 0 radical (unpaired) electrons. The molecule has 20 heavy (non-hydrogen) atoms. The second kappa shape index (κ2) is 8.12. The summed E-state index contributed by atoms with van der Waals surface area (Å²) in [4.78, 5) is 0. The zero-order valence-corrected chi connectivity index (χ0v) is 13.3. The lowest BCUT2D eigenvalue weighted by molar-refractivity contribution is 0.0206. The van der Waals surface area contributed by atoms with Crippen LogP contribution in [0.2, 0.25) is 0 Å². The van der Waals surface area contributed by atoms with Gasteiger partial charge in [0.1, 0.15) is 0 Å². The first-order valence-corrected chi connectivity index (χ1v) is 7.17. The van der Waals surface area contributed by atoms with Crippen molar-refractivity contribution in [1.82, 2.24) is 5.32 Å². The minimum Gasteiger partial charge on any atom is -0.490 e. The molecule has 1 aromatic carbocycles. The fraction of sp³-hybridized carbons (Fsp3) is 0.625. The van der Waals surface area contributed by atoms with Gasteiger partial charge in [0.25, 0.3) is 0 Å². The number of hydrogen-bond acceptors (Lipinski definition) is 4. The van der Waals surface area contributed by atoms with E-state index in [1.807, 2.05) is 32.0 Å². The molecule has 114 valence electrons. The van der Waals surface area contributed by atoms with Crippen LogP contribution in [0, 0.1) is 0 Å². The quantitative estimate of drug-likeness (QED) is 0.586.